The lowest BCUT2D eigenvalue weighted by atomic mass is 10.1. The minimum absolute atomic E-state index is 0.122. The third kappa shape index (κ3) is 4.93. The number of hydrogen-bond donors (Lipinski definition) is 0. The van der Waals surface area contributed by atoms with Gasteiger partial charge in [-0.15, -0.1) is 0 Å². The lowest BCUT2D eigenvalue weighted by Crippen LogP contribution is -2.41. The smallest absolute Gasteiger partial charge is 0.254 e. The molecule has 0 aliphatic heterocycles. The lowest BCUT2D eigenvalue weighted by molar-refractivity contribution is -0.129. The molecule has 186 valence electrons. The number of carbonyl (C=O) groups excluding carboxylic acids is 1. The highest BCUT2D eigenvalue weighted by Crippen LogP contribution is 2.32. The maximum Gasteiger partial charge on any atom is 0.254 e. The van der Waals surface area contributed by atoms with Crippen molar-refractivity contribution < 1.29 is 9.53 Å². The Bertz CT molecular complexity index is 1310. The molecule has 0 atom stereocenters. The monoisotopic (exact) mass is 503 g/mol. The highest BCUT2D eigenvalue weighted by atomic mass is 35.5. The fourth-order valence-electron chi connectivity index (χ4n) is 5.04. The van der Waals surface area contributed by atoms with E-state index in [1.165, 1.54) is 0 Å². The quantitative estimate of drug-likeness (QED) is 0.393. The third-order valence-electron chi connectivity index (χ3n) is 7.00. The summed E-state index contributed by atoms with van der Waals surface area (Å²) in [5, 5.41) is 5.35. The normalized spacial score (nSPS) is 15.6. The van der Waals surface area contributed by atoms with Crippen LogP contribution in [0.25, 0.3) is 22.8 Å². The van der Waals surface area contributed by atoms with Gasteiger partial charge in [0.15, 0.2) is 11.6 Å². The first-order valence-electron chi connectivity index (χ1n) is 12.4. The number of halogens is 1. The SMILES string of the molecule is COc1ccc(-c2nc(-c3ccncc3)nn2CCN(C(=O)C2=CCC=C2C)C2CCCC2)cc1Cl. The summed E-state index contributed by atoms with van der Waals surface area (Å²) in [7, 11) is 1.59. The molecule has 0 bridgehead atoms. The molecule has 0 radical (unpaired) electrons. The average molecular weight is 504 g/mol. The molecule has 2 aromatic heterocycles. The first kappa shape index (κ1) is 24.3. The van der Waals surface area contributed by atoms with Crippen LogP contribution in [0.15, 0.2) is 66.0 Å². The number of benzene rings is 1. The molecule has 0 saturated heterocycles. The second-order valence-corrected chi connectivity index (χ2v) is 9.65. The topological polar surface area (TPSA) is 73.1 Å². The van der Waals surface area contributed by atoms with Crippen molar-refractivity contribution in [3.63, 3.8) is 0 Å². The Morgan fingerprint density at radius 2 is 1.92 bits per heavy atom. The zero-order valence-corrected chi connectivity index (χ0v) is 21.4. The number of nitrogens with zero attached hydrogens (tertiary/aromatic N) is 5. The number of hydrogen-bond acceptors (Lipinski definition) is 5. The third-order valence-corrected chi connectivity index (χ3v) is 7.30. The van der Waals surface area contributed by atoms with E-state index in [0.717, 1.165) is 54.4 Å². The van der Waals surface area contributed by atoms with Gasteiger partial charge in [-0.2, -0.15) is 5.10 Å². The molecule has 2 aliphatic carbocycles. The number of rotatable bonds is 8. The Hall–Kier alpha value is -3.45. The van der Waals surface area contributed by atoms with Crippen LogP contribution in [0.2, 0.25) is 5.02 Å². The molecule has 1 amide bonds. The summed E-state index contributed by atoms with van der Waals surface area (Å²) in [5.41, 5.74) is 3.62. The van der Waals surface area contributed by atoms with Gasteiger partial charge in [0.1, 0.15) is 5.75 Å². The van der Waals surface area contributed by atoms with Gasteiger partial charge in [0.2, 0.25) is 0 Å². The van der Waals surface area contributed by atoms with E-state index in [0.29, 0.717) is 35.5 Å². The second-order valence-electron chi connectivity index (χ2n) is 9.24. The minimum atomic E-state index is 0.122. The van der Waals surface area contributed by atoms with Crippen LogP contribution in [0.4, 0.5) is 0 Å². The zero-order valence-electron chi connectivity index (χ0n) is 20.7. The van der Waals surface area contributed by atoms with Gasteiger partial charge in [0, 0.05) is 41.7 Å². The number of methoxy groups -OCH3 is 1. The molecule has 1 fully saturated rings. The highest BCUT2D eigenvalue weighted by molar-refractivity contribution is 6.32. The van der Waals surface area contributed by atoms with Crippen molar-refractivity contribution in [2.45, 2.75) is 51.6 Å². The number of aromatic nitrogens is 4. The number of carbonyl (C=O) groups is 1. The maximum absolute atomic E-state index is 13.6. The first-order valence-corrected chi connectivity index (χ1v) is 12.8. The molecule has 36 heavy (non-hydrogen) atoms. The molecule has 3 aromatic rings. The van der Waals surface area contributed by atoms with Gasteiger partial charge in [-0.1, -0.05) is 36.6 Å². The molecule has 0 unspecified atom stereocenters. The summed E-state index contributed by atoms with van der Waals surface area (Å²) in [4.78, 5) is 24.6. The zero-order chi connectivity index (χ0) is 25.1. The highest BCUT2D eigenvalue weighted by Gasteiger charge is 2.30. The van der Waals surface area contributed by atoms with Crippen molar-refractivity contribution in [1.82, 2.24) is 24.6 Å². The molecule has 8 heteroatoms. The number of ether oxygens (including phenoxy) is 1. The Morgan fingerprint density at radius 3 is 2.58 bits per heavy atom. The van der Waals surface area contributed by atoms with Crippen molar-refractivity contribution in [2.24, 2.45) is 0 Å². The van der Waals surface area contributed by atoms with Crippen LogP contribution in [0.1, 0.15) is 39.0 Å². The molecule has 5 rings (SSSR count). The average Bonchev–Trinajstić information content (AvgIpc) is 3.66. The molecule has 1 aromatic carbocycles. The van der Waals surface area contributed by atoms with Crippen LogP contribution in [-0.4, -0.2) is 50.3 Å². The van der Waals surface area contributed by atoms with E-state index in [1.54, 1.807) is 19.5 Å². The summed E-state index contributed by atoms with van der Waals surface area (Å²) in [6.07, 6.45) is 12.8. The summed E-state index contributed by atoms with van der Waals surface area (Å²) < 4.78 is 7.21. The van der Waals surface area contributed by atoms with Crippen molar-refractivity contribution >= 4 is 17.5 Å². The molecular formula is C28H30ClN5O2. The largest absolute Gasteiger partial charge is 0.495 e. The molecule has 1 saturated carbocycles. The predicted octanol–water partition coefficient (Wildman–Crippen LogP) is 5.72. The summed E-state index contributed by atoms with van der Waals surface area (Å²) in [6, 6.07) is 9.64. The molecule has 0 N–H and O–H groups in total. The Kier molecular flexibility index (Phi) is 7.18. The molecule has 0 spiro atoms. The van der Waals surface area contributed by atoms with Gasteiger partial charge < -0.3 is 9.64 Å². The number of pyridine rings is 1. The fraction of sp³-hybridized carbons (Fsp3) is 0.357. The van der Waals surface area contributed by atoms with Crippen molar-refractivity contribution in [3.8, 4) is 28.5 Å². The van der Waals surface area contributed by atoms with Crippen molar-refractivity contribution in [1.29, 1.82) is 0 Å². The molecule has 2 heterocycles. The van der Waals surface area contributed by atoms with Gasteiger partial charge in [-0.05, 0) is 62.1 Å². The summed E-state index contributed by atoms with van der Waals surface area (Å²) >= 11 is 6.44. The fourth-order valence-corrected chi connectivity index (χ4v) is 5.30. The van der Waals surface area contributed by atoms with E-state index in [-0.39, 0.29) is 11.9 Å². The van der Waals surface area contributed by atoms with Gasteiger partial charge in [0.05, 0.1) is 18.7 Å². The Labute approximate surface area is 216 Å². The lowest BCUT2D eigenvalue weighted by Gasteiger charge is -2.30. The van der Waals surface area contributed by atoms with Crippen molar-refractivity contribution in [2.75, 3.05) is 13.7 Å². The van der Waals surface area contributed by atoms with E-state index >= 15 is 0 Å². The van der Waals surface area contributed by atoms with Crippen LogP contribution in [0.3, 0.4) is 0 Å². The standard InChI is InChI=1S/C28H30ClN5O2/c1-19-6-5-9-23(19)28(35)33(22-7-3-4-8-22)16-17-34-27(21-10-11-25(36-2)24(29)18-21)31-26(32-34)20-12-14-30-15-13-20/h6,9-15,18,22H,3-5,7-8,16-17H2,1-2H3. The Morgan fingerprint density at radius 1 is 1.14 bits per heavy atom. The predicted molar refractivity (Wildman–Crippen MR) is 141 cm³/mol. The van der Waals surface area contributed by atoms with Crippen LogP contribution in [0, 0.1) is 0 Å². The van der Waals surface area contributed by atoms with Gasteiger partial charge in [0.25, 0.3) is 5.91 Å². The van der Waals surface area contributed by atoms with Gasteiger partial charge in [-0.3, -0.25) is 9.78 Å². The van der Waals surface area contributed by atoms with Crippen LogP contribution in [0.5, 0.6) is 5.75 Å². The maximum atomic E-state index is 13.6. The minimum Gasteiger partial charge on any atom is -0.495 e. The van der Waals surface area contributed by atoms with E-state index < -0.39 is 0 Å². The van der Waals surface area contributed by atoms with Crippen molar-refractivity contribution in [3.05, 3.63) is 71.0 Å². The molecule has 7 nitrogen and oxygen atoms in total. The van der Waals surface area contributed by atoms with Crippen LogP contribution in [-0.2, 0) is 11.3 Å². The first-order chi connectivity index (χ1) is 17.5. The molecule has 2 aliphatic rings. The van der Waals surface area contributed by atoms with E-state index in [4.69, 9.17) is 26.4 Å². The second kappa shape index (κ2) is 10.7. The summed E-state index contributed by atoms with van der Waals surface area (Å²) in [5.74, 6) is 2.03. The van der Waals surface area contributed by atoms with Gasteiger partial charge >= 0.3 is 0 Å². The van der Waals surface area contributed by atoms with Crippen LogP contribution >= 0.6 is 11.6 Å². The number of allylic oxidation sites excluding steroid dienone is 2. The van der Waals surface area contributed by atoms with E-state index in [2.05, 4.69) is 16.0 Å². The Balaban J connectivity index is 1.47. The summed E-state index contributed by atoms with van der Waals surface area (Å²) in [6.45, 7) is 3.10. The van der Waals surface area contributed by atoms with Gasteiger partial charge in [-0.25, -0.2) is 9.67 Å². The van der Waals surface area contributed by atoms with E-state index in [9.17, 15) is 4.79 Å². The number of amides is 1. The van der Waals surface area contributed by atoms with E-state index in [1.807, 2.05) is 48.0 Å². The van der Waals surface area contributed by atoms with Crippen LogP contribution < -0.4 is 4.74 Å². The molecular weight excluding hydrogens is 474 g/mol.